The van der Waals surface area contributed by atoms with Crippen molar-refractivity contribution in [1.29, 1.82) is 0 Å². The van der Waals surface area contributed by atoms with Gasteiger partial charge in [0.25, 0.3) is 0 Å². The number of aliphatic hydroxyl groups excluding tert-OH is 9. The van der Waals surface area contributed by atoms with Crippen LogP contribution in [0.3, 0.4) is 0 Å². The topological polar surface area (TPSA) is 213 Å². The van der Waals surface area contributed by atoms with E-state index in [1.54, 1.807) is 0 Å². The van der Waals surface area contributed by atoms with Gasteiger partial charge in [0, 0.05) is 12.1 Å². The van der Waals surface area contributed by atoms with Crippen LogP contribution in [-0.4, -0.2) is 126 Å². The van der Waals surface area contributed by atoms with Crippen LogP contribution in [0.5, 0.6) is 0 Å². The molecule has 0 aliphatic carbocycles. The minimum absolute atomic E-state index is 0.180. The summed E-state index contributed by atoms with van der Waals surface area (Å²) in [5.74, 6) is 0. The van der Waals surface area contributed by atoms with E-state index in [1.807, 2.05) is 0 Å². The van der Waals surface area contributed by atoms with Crippen LogP contribution in [-0.2, 0) is 9.47 Å². The lowest BCUT2D eigenvalue weighted by atomic mass is 9.85. The number of rotatable bonds is 4. The average Bonchev–Trinajstić information content (AvgIpc) is 2.68. The zero-order valence-electron chi connectivity index (χ0n) is 15.7. The molecule has 10 N–H and O–H groups in total. The molecule has 3 fully saturated rings. The SMILES string of the molecule is O[C@H]1C[C@@H](CC[C@@H]2O[C@H](O)[C@@H](O)[C@H](O)[C@@H]2O)N[C@@H]([C@H]2O[C@@H](O)[C@H](O)[C@@H](O)[C@H]2O)C1. The third kappa shape index (κ3) is 4.89. The van der Waals surface area contributed by atoms with Crippen LogP contribution >= 0.6 is 0 Å². The lowest BCUT2D eigenvalue weighted by Crippen LogP contribution is -2.65. The first kappa shape index (κ1) is 23.2. The number of ether oxygens (including phenoxy) is 2. The first-order chi connectivity index (χ1) is 13.6. The van der Waals surface area contributed by atoms with E-state index >= 15 is 0 Å². The fraction of sp³-hybridized carbons (Fsp3) is 1.00. The molecule has 3 aliphatic heterocycles. The highest BCUT2D eigenvalue weighted by Gasteiger charge is 2.48. The zero-order chi connectivity index (χ0) is 21.5. The summed E-state index contributed by atoms with van der Waals surface area (Å²) in [6, 6.07) is -0.955. The summed E-state index contributed by atoms with van der Waals surface area (Å²) < 4.78 is 10.4. The Bertz CT molecular complexity index is 542. The van der Waals surface area contributed by atoms with Crippen LogP contribution in [0.15, 0.2) is 0 Å². The maximum atomic E-state index is 10.2. The van der Waals surface area contributed by atoms with Crippen LogP contribution in [0.25, 0.3) is 0 Å². The van der Waals surface area contributed by atoms with E-state index < -0.39 is 73.6 Å². The van der Waals surface area contributed by atoms with Crippen LogP contribution in [0.4, 0.5) is 0 Å². The van der Waals surface area contributed by atoms with Crippen LogP contribution in [0.2, 0.25) is 0 Å². The Morgan fingerprint density at radius 1 is 0.621 bits per heavy atom. The van der Waals surface area contributed by atoms with E-state index in [1.165, 1.54) is 0 Å². The van der Waals surface area contributed by atoms with Crippen molar-refractivity contribution in [1.82, 2.24) is 5.32 Å². The van der Waals surface area contributed by atoms with Crippen molar-refractivity contribution in [3.63, 3.8) is 0 Å². The highest BCUT2D eigenvalue weighted by molar-refractivity contribution is 4.99. The highest BCUT2D eigenvalue weighted by Crippen LogP contribution is 2.29. The molecule has 3 heterocycles. The van der Waals surface area contributed by atoms with Crippen molar-refractivity contribution in [2.45, 2.75) is 105 Å². The fourth-order valence-corrected chi connectivity index (χ4v) is 4.34. The summed E-state index contributed by atoms with van der Waals surface area (Å²) in [5, 5.41) is 91.7. The van der Waals surface area contributed by atoms with Gasteiger partial charge < -0.3 is 60.7 Å². The predicted molar refractivity (Wildman–Crippen MR) is 93.0 cm³/mol. The summed E-state index contributed by atoms with van der Waals surface area (Å²) in [7, 11) is 0. The third-order valence-electron chi connectivity index (χ3n) is 6.04. The second kappa shape index (κ2) is 9.34. The highest BCUT2D eigenvalue weighted by atomic mass is 16.6. The molecule has 0 bridgehead atoms. The molecule has 0 amide bonds. The molecular weight excluding hydrogens is 394 g/mol. The molecule has 12 nitrogen and oxygen atoms in total. The summed E-state index contributed by atoms with van der Waals surface area (Å²) >= 11 is 0. The zero-order valence-corrected chi connectivity index (χ0v) is 15.7. The largest absolute Gasteiger partial charge is 0.393 e. The first-order valence-electron chi connectivity index (χ1n) is 9.79. The van der Waals surface area contributed by atoms with Crippen molar-refractivity contribution in [2.24, 2.45) is 0 Å². The molecule has 12 heteroatoms. The van der Waals surface area contributed by atoms with Gasteiger partial charge in [0.1, 0.15) is 42.7 Å². The molecule has 0 aromatic heterocycles. The molecule has 0 aromatic carbocycles. The van der Waals surface area contributed by atoms with Gasteiger partial charge in [-0.3, -0.25) is 0 Å². The summed E-state index contributed by atoms with van der Waals surface area (Å²) in [5.41, 5.74) is 0. The molecule has 13 atom stereocenters. The molecule has 3 aliphatic rings. The van der Waals surface area contributed by atoms with Crippen LogP contribution < -0.4 is 5.32 Å². The Balaban J connectivity index is 1.59. The van der Waals surface area contributed by atoms with Gasteiger partial charge in [-0.15, -0.1) is 0 Å². The lowest BCUT2D eigenvalue weighted by Gasteiger charge is -2.45. The standard InChI is InChI=1S/C17H31NO11/c19-6-3-5(1-2-8-9(20)10(21)13(24)16(26)28-8)18-7(4-6)15-12(23)11(22)14(25)17(27)29-15/h5-27H,1-4H2/t5-,6+,7-,8+,9-,10-,11+,12-,13+,14-,15-,16+,17-/m1/s1. The maximum Gasteiger partial charge on any atom is 0.184 e. The molecule has 3 rings (SSSR count). The molecule has 0 spiro atoms. The number of aliphatic hydroxyl groups is 9. The number of nitrogens with one attached hydrogen (secondary N) is 1. The van der Waals surface area contributed by atoms with Gasteiger partial charge in [-0.2, -0.15) is 0 Å². The first-order valence-corrected chi connectivity index (χ1v) is 9.79. The van der Waals surface area contributed by atoms with E-state index in [4.69, 9.17) is 9.47 Å². The predicted octanol–water partition coefficient (Wildman–Crippen LogP) is -5.15. The lowest BCUT2D eigenvalue weighted by molar-refractivity contribution is -0.289. The van der Waals surface area contributed by atoms with E-state index in [0.29, 0.717) is 12.8 Å². The molecule has 0 unspecified atom stereocenters. The molecule has 0 saturated carbocycles. The van der Waals surface area contributed by atoms with Crippen molar-refractivity contribution in [3.05, 3.63) is 0 Å². The minimum atomic E-state index is -1.68. The van der Waals surface area contributed by atoms with Crippen molar-refractivity contribution >= 4 is 0 Å². The van der Waals surface area contributed by atoms with Gasteiger partial charge in [0.05, 0.1) is 12.2 Å². The average molecular weight is 425 g/mol. The quantitative estimate of drug-likeness (QED) is 0.205. The van der Waals surface area contributed by atoms with Crippen molar-refractivity contribution in [3.8, 4) is 0 Å². The van der Waals surface area contributed by atoms with Gasteiger partial charge in [0.15, 0.2) is 12.6 Å². The van der Waals surface area contributed by atoms with Crippen LogP contribution in [0, 0.1) is 0 Å². The molecule has 0 aromatic rings. The fourth-order valence-electron chi connectivity index (χ4n) is 4.34. The Hall–Kier alpha value is -0.480. The summed E-state index contributed by atoms with van der Waals surface area (Å²) in [6.45, 7) is 0. The minimum Gasteiger partial charge on any atom is -0.393 e. The number of hydrogen-bond acceptors (Lipinski definition) is 12. The number of piperidine rings is 1. The van der Waals surface area contributed by atoms with Crippen LogP contribution in [0.1, 0.15) is 25.7 Å². The molecule has 29 heavy (non-hydrogen) atoms. The molecule has 0 radical (unpaired) electrons. The Morgan fingerprint density at radius 3 is 1.86 bits per heavy atom. The normalized spacial score (nSPS) is 54.3. The number of hydrogen-bond donors (Lipinski definition) is 10. The summed E-state index contributed by atoms with van der Waals surface area (Å²) in [6.07, 6.45) is -14.3. The third-order valence-corrected chi connectivity index (χ3v) is 6.04. The second-order valence-corrected chi connectivity index (χ2v) is 8.17. The Labute approximate surface area is 166 Å². The van der Waals surface area contributed by atoms with Gasteiger partial charge >= 0.3 is 0 Å². The van der Waals surface area contributed by atoms with E-state index in [-0.39, 0.29) is 18.9 Å². The van der Waals surface area contributed by atoms with E-state index in [9.17, 15) is 46.0 Å². The molecular formula is C17H31NO11. The molecule has 170 valence electrons. The molecule has 3 saturated heterocycles. The van der Waals surface area contributed by atoms with Gasteiger partial charge in [-0.05, 0) is 25.7 Å². The monoisotopic (exact) mass is 425 g/mol. The van der Waals surface area contributed by atoms with Gasteiger partial charge in [-0.25, -0.2) is 0 Å². The Morgan fingerprint density at radius 2 is 1.21 bits per heavy atom. The second-order valence-electron chi connectivity index (χ2n) is 8.17. The van der Waals surface area contributed by atoms with E-state index in [2.05, 4.69) is 5.32 Å². The van der Waals surface area contributed by atoms with Gasteiger partial charge in [-0.1, -0.05) is 0 Å². The smallest absolute Gasteiger partial charge is 0.184 e. The van der Waals surface area contributed by atoms with Gasteiger partial charge in [0.2, 0.25) is 0 Å². The van der Waals surface area contributed by atoms with E-state index in [0.717, 1.165) is 0 Å². The van der Waals surface area contributed by atoms with Crippen molar-refractivity contribution < 1.29 is 55.4 Å². The Kier molecular flexibility index (Phi) is 7.47. The maximum absolute atomic E-state index is 10.2. The van der Waals surface area contributed by atoms with Crippen molar-refractivity contribution in [2.75, 3.05) is 0 Å². The summed E-state index contributed by atoms with van der Waals surface area (Å²) in [4.78, 5) is 0.